The molecule has 10 nitrogen and oxygen atoms in total. The molecule has 222 valence electrons. The van der Waals surface area contributed by atoms with Gasteiger partial charge in [0, 0.05) is 30.6 Å². The molecule has 3 heterocycles. The predicted octanol–water partition coefficient (Wildman–Crippen LogP) is 3.63. The molecular formula is C32H34ClN7O3. The number of anilines is 1. The number of hydrogen-bond acceptors (Lipinski definition) is 7. The fraction of sp³-hybridized carbons (Fsp3) is 0.312. The highest BCUT2D eigenvalue weighted by Crippen LogP contribution is 2.32. The van der Waals surface area contributed by atoms with Gasteiger partial charge in [-0.1, -0.05) is 78.3 Å². The Balaban J connectivity index is 1.32. The van der Waals surface area contributed by atoms with E-state index >= 15 is 0 Å². The lowest BCUT2D eigenvalue weighted by Crippen LogP contribution is -2.35. The van der Waals surface area contributed by atoms with Crippen molar-refractivity contribution in [2.45, 2.75) is 32.0 Å². The van der Waals surface area contributed by atoms with E-state index in [0.717, 1.165) is 55.3 Å². The monoisotopic (exact) mass is 599 g/mol. The first-order chi connectivity index (χ1) is 20.9. The number of primary amides is 1. The number of amides is 1. The zero-order valence-corrected chi connectivity index (χ0v) is 24.7. The van der Waals surface area contributed by atoms with Crippen LogP contribution in [-0.2, 0) is 22.6 Å². The predicted molar refractivity (Wildman–Crippen MR) is 167 cm³/mol. The zero-order valence-electron chi connectivity index (χ0n) is 24.0. The number of morpholine rings is 1. The number of ether oxygens (including phenoxy) is 1. The molecule has 0 spiro atoms. The summed E-state index contributed by atoms with van der Waals surface area (Å²) in [6.07, 6.45) is 0. The minimum absolute atomic E-state index is 0.0982. The lowest BCUT2D eigenvalue weighted by molar-refractivity contribution is -0.120. The summed E-state index contributed by atoms with van der Waals surface area (Å²) in [5.41, 5.74) is 10.2. The number of nitrogens with zero attached hydrogens (tertiary/aromatic N) is 6. The Labute approximate surface area is 254 Å². The van der Waals surface area contributed by atoms with Gasteiger partial charge in [-0.05, 0) is 41.3 Å². The first kappa shape index (κ1) is 28.9. The fourth-order valence-electron chi connectivity index (χ4n) is 5.55. The number of nitrogens with two attached hydrogens (primary N) is 1. The molecule has 1 fully saturated rings. The maximum Gasteiger partial charge on any atom is 0.348 e. The Morgan fingerprint density at radius 2 is 1.63 bits per heavy atom. The standard InChI is InChI=1S/C32H34ClN7O3/c1-22(30(34)41)40-31(36-39(32(40)42)20-24-9-7-23(8-10-24)19-37-15-17-43-18-16-37)38-21-28(25-5-3-2-4-6-25)29(35-38)26-11-13-27(33)14-12-26/h2-14,22,28H,15-21H2,1H3,(H2,34,41)/t22?,28-/m1/s1. The van der Waals surface area contributed by atoms with Gasteiger partial charge in [-0.25, -0.2) is 19.1 Å². The van der Waals surface area contributed by atoms with Gasteiger partial charge in [-0.2, -0.15) is 5.10 Å². The number of aromatic nitrogens is 3. The van der Waals surface area contributed by atoms with E-state index in [1.54, 1.807) is 11.9 Å². The molecule has 0 aliphatic carbocycles. The average molecular weight is 600 g/mol. The van der Waals surface area contributed by atoms with Gasteiger partial charge in [-0.3, -0.25) is 9.69 Å². The summed E-state index contributed by atoms with van der Waals surface area (Å²) < 4.78 is 8.16. The van der Waals surface area contributed by atoms with E-state index in [2.05, 4.69) is 29.2 Å². The summed E-state index contributed by atoms with van der Waals surface area (Å²) in [4.78, 5) is 28.4. The zero-order chi connectivity index (χ0) is 29.9. The molecule has 0 bridgehead atoms. The van der Waals surface area contributed by atoms with E-state index < -0.39 is 17.6 Å². The maximum absolute atomic E-state index is 13.7. The van der Waals surface area contributed by atoms with Gasteiger partial charge in [0.05, 0.1) is 32.0 Å². The second kappa shape index (κ2) is 12.5. The summed E-state index contributed by atoms with van der Waals surface area (Å²) in [6.45, 7) is 6.47. The smallest absolute Gasteiger partial charge is 0.348 e. The highest BCUT2D eigenvalue weighted by molar-refractivity contribution is 6.30. The van der Waals surface area contributed by atoms with Gasteiger partial charge in [0.2, 0.25) is 11.9 Å². The van der Waals surface area contributed by atoms with E-state index in [1.807, 2.05) is 54.6 Å². The van der Waals surface area contributed by atoms with E-state index in [0.29, 0.717) is 11.6 Å². The number of halogens is 1. The molecule has 1 unspecified atom stereocenters. The Bertz CT molecular complexity index is 1660. The van der Waals surface area contributed by atoms with Crippen LogP contribution >= 0.6 is 11.6 Å². The van der Waals surface area contributed by atoms with E-state index in [-0.39, 0.29) is 18.4 Å². The molecule has 0 saturated carbocycles. The van der Waals surface area contributed by atoms with Crippen LogP contribution in [-0.4, -0.2) is 63.7 Å². The first-order valence-corrected chi connectivity index (χ1v) is 14.8. The Morgan fingerprint density at radius 1 is 0.977 bits per heavy atom. The van der Waals surface area contributed by atoms with Crippen molar-refractivity contribution in [3.63, 3.8) is 0 Å². The van der Waals surface area contributed by atoms with Gasteiger partial charge in [0.1, 0.15) is 6.04 Å². The van der Waals surface area contributed by atoms with Gasteiger partial charge < -0.3 is 10.5 Å². The van der Waals surface area contributed by atoms with Crippen molar-refractivity contribution in [3.8, 4) is 0 Å². The number of benzene rings is 3. The molecule has 43 heavy (non-hydrogen) atoms. The second-order valence-corrected chi connectivity index (χ2v) is 11.4. The van der Waals surface area contributed by atoms with Gasteiger partial charge >= 0.3 is 5.69 Å². The third-order valence-electron chi connectivity index (χ3n) is 8.00. The summed E-state index contributed by atoms with van der Waals surface area (Å²) >= 11 is 6.17. The highest BCUT2D eigenvalue weighted by atomic mass is 35.5. The molecule has 1 aromatic heterocycles. The van der Waals surface area contributed by atoms with E-state index in [9.17, 15) is 9.59 Å². The third-order valence-corrected chi connectivity index (χ3v) is 8.26. The van der Waals surface area contributed by atoms with Crippen LogP contribution in [0.1, 0.15) is 41.1 Å². The van der Waals surface area contributed by atoms with Crippen molar-refractivity contribution in [3.05, 3.63) is 117 Å². The summed E-state index contributed by atoms with van der Waals surface area (Å²) in [6, 6.07) is 24.8. The van der Waals surface area contributed by atoms with Crippen molar-refractivity contribution in [2.75, 3.05) is 37.9 Å². The molecule has 0 radical (unpaired) electrons. The quantitative estimate of drug-likeness (QED) is 0.315. The highest BCUT2D eigenvalue weighted by Gasteiger charge is 2.34. The minimum atomic E-state index is -0.919. The molecule has 2 N–H and O–H groups in total. The third kappa shape index (κ3) is 6.27. The summed E-state index contributed by atoms with van der Waals surface area (Å²) in [5, 5.41) is 12.0. The minimum Gasteiger partial charge on any atom is -0.379 e. The Hall–Kier alpha value is -4.25. The van der Waals surface area contributed by atoms with Gasteiger partial charge in [0.15, 0.2) is 0 Å². The molecule has 3 aromatic carbocycles. The molecule has 1 saturated heterocycles. The lowest BCUT2D eigenvalue weighted by atomic mass is 9.91. The molecular weight excluding hydrogens is 566 g/mol. The number of carbonyl (C=O) groups is 1. The Kier molecular flexibility index (Phi) is 8.42. The van der Waals surface area contributed by atoms with Crippen LogP contribution in [0.25, 0.3) is 0 Å². The van der Waals surface area contributed by atoms with Crippen molar-refractivity contribution in [2.24, 2.45) is 10.8 Å². The molecule has 6 rings (SSSR count). The molecule has 1 amide bonds. The number of hydrazone groups is 1. The summed E-state index contributed by atoms with van der Waals surface area (Å²) in [5.74, 6) is -0.458. The van der Waals surface area contributed by atoms with Crippen molar-refractivity contribution >= 4 is 29.2 Å². The Morgan fingerprint density at radius 3 is 2.28 bits per heavy atom. The number of hydrogen-bond donors (Lipinski definition) is 1. The van der Waals surface area contributed by atoms with E-state index in [1.165, 1.54) is 14.8 Å². The topological polar surface area (TPSA) is 111 Å². The lowest BCUT2D eigenvalue weighted by Gasteiger charge is -2.26. The van der Waals surface area contributed by atoms with Crippen molar-refractivity contribution < 1.29 is 9.53 Å². The first-order valence-electron chi connectivity index (χ1n) is 14.4. The SMILES string of the molecule is CC(C(N)=O)n1c(N2C[C@H](c3ccccc3)C(c3ccc(Cl)cc3)=N2)nn(Cc2ccc(CN3CCOCC3)cc2)c1=O. The molecule has 4 aromatic rings. The summed E-state index contributed by atoms with van der Waals surface area (Å²) in [7, 11) is 0. The molecule has 2 atom stereocenters. The maximum atomic E-state index is 13.7. The number of carbonyl (C=O) groups excluding carboxylic acids is 1. The number of rotatable bonds is 9. The van der Waals surface area contributed by atoms with Gasteiger partial charge in [-0.15, -0.1) is 5.10 Å². The van der Waals surface area contributed by atoms with Crippen LogP contribution < -0.4 is 16.4 Å². The van der Waals surface area contributed by atoms with Crippen molar-refractivity contribution in [1.29, 1.82) is 0 Å². The van der Waals surface area contributed by atoms with Crippen LogP contribution in [0.2, 0.25) is 5.02 Å². The molecule has 11 heteroatoms. The largest absolute Gasteiger partial charge is 0.379 e. The van der Waals surface area contributed by atoms with E-state index in [4.69, 9.17) is 32.3 Å². The normalized spacial score (nSPS) is 18.0. The van der Waals surface area contributed by atoms with Gasteiger partial charge in [0.25, 0.3) is 0 Å². The molecule has 2 aliphatic heterocycles. The van der Waals surface area contributed by atoms with Crippen LogP contribution in [0.5, 0.6) is 0 Å². The van der Waals surface area contributed by atoms with Crippen LogP contribution in [0.15, 0.2) is 88.8 Å². The second-order valence-electron chi connectivity index (χ2n) is 10.9. The van der Waals surface area contributed by atoms with Crippen LogP contribution in [0, 0.1) is 0 Å². The van der Waals surface area contributed by atoms with Crippen LogP contribution in [0.3, 0.4) is 0 Å². The molecule has 2 aliphatic rings. The fourth-order valence-corrected chi connectivity index (χ4v) is 5.67. The average Bonchev–Trinajstić information content (AvgIpc) is 3.60. The van der Waals surface area contributed by atoms with Crippen LogP contribution in [0.4, 0.5) is 5.95 Å². The van der Waals surface area contributed by atoms with Crippen molar-refractivity contribution in [1.82, 2.24) is 19.2 Å².